The Balaban J connectivity index is -0.000000396. The van der Waals surface area contributed by atoms with Gasteiger partial charge < -0.3 is 29.7 Å². The molecule has 0 aliphatic rings. The summed E-state index contributed by atoms with van der Waals surface area (Å²) in [7, 11) is 0. The largest absolute Gasteiger partial charge is 3.00 e. The molecule has 0 aliphatic carbocycles. The molecule has 7 heteroatoms. The molecule has 0 spiro atoms. The van der Waals surface area contributed by atoms with Gasteiger partial charge in [0.25, 0.3) is 0 Å². The van der Waals surface area contributed by atoms with E-state index in [1.807, 2.05) is 0 Å². The first-order chi connectivity index (χ1) is 29.3. The first-order valence-corrected chi connectivity index (χ1v) is 25.9. The zero-order chi connectivity index (χ0) is 44.7. The number of aliphatic carboxylic acids is 3. The van der Waals surface area contributed by atoms with Crippen molar-refractivity contribution in [3.05, 3.63) is 36.5 Å². The third-order valence-corrected chi connectivity index (χ3v) is 10.9. The minimum absolute atomic E-state index is 0. The third kappa shape index (κ3) is 75.9. The maximum atomic E-state index is 10.2. The number of unbranched alkanes of at least 4 members (excludes halogenated alkanes) is 33. The summed E-state index contributed by atoms with van der Waals surface area (Å²) in [4.78, 5) is 30.6. The fourth-order valence-electron chi connectivity index (χ4n) is 7.02. The van der Waals surface area contributed by atoms with Crippen molar-refractivity contribution >= 4 is 17.9 Å². The van der Waals surface area contributed by atoms with Crippen molar-refractivity contribution in [2.75, 3.05) is 0 Å². The molecule has 0 fully saturated rings. The number of hydrogen-bond acceptors (Lipinski definition) is 6. The Kier molecular flexibility index (Phi) is 67.3. The molecule has 0 bridgehead atoms. The fourth-order valence-corrected chi connectivity index (χ4v) is 7.02. The number of hydrogen-bond donors (Lipinski definition) is 0. The Bertz CT molecular complexity index is 827. The second-order valence-corrected chi connectivity index (χ2v) is 17.1. The molecule has 0 N–H and O–H groups in total. The van der Waals surface area contributed by atoms with Gasteiger partial charge in [-0.3, -0.25) is 0 Å². The molecule has 0 unspecified atom stereocenters. The van der Waals surface area contributed by atoms with E-state index in [2.05, 4.69) is 57.2 Å². The van der Waals surface area contributed by atoms with Crippen molar-refractivity contribution in [1.29, 1.82) is 0 Å². The van der Waals surface area contributed by atoms with E-state index in [4.69, 9.17) is 0 Å². The average Bonchev–Trinajstić information content (AvgIpc) is 3.22. The van der Waals surface area contributed by atoms with Crippen molar-refractivity contribution in [3.63, 3.8) is 0 Å². The van der Waals surface area contributed by atoms with Crippen LogP contribution in [0, 0.1) is 0 Å². The van der Waals surface area contributed by atoms with Crippen LogP contribution in [-0.2, 0) is 31.5 Å². The monoisotopic (exact) mass is 900 g/mol. The van der Waals surface area contributed by atoms with Crippen molar-refractivity contribution in [3.8, 4) is 0 Å². The Labute approximate surface area is 389 Å². The summed E-state index contributed by atoms with van der Waals surface area (Å²) in [5.74, 6) is -2.74. The predicted octanol–water partition coefficient (Wildman–Crippen LogP) is 14.3. The number of carbonyl (C=O) groups is 3. The van der Waals surface area contributed by atoms with Gasteiger partial charge in [-0.15, -0.1) is 0 Å². The van der Waals surface area contributed by atoms with E-state index in [0.717, 1.165) is 57.8 Å². The molecular weight excluding hydrogens is 800 g/mol. The molecular formula is C54H99FeO6. The van der Waals surface area contributed by atoms with Crippen molar-refractivity contribution in [2.45, 2.75) is 290 Å². The van der Waals surface area contributed by atoms with Gasteiger partial charge in [0.1, 0.15) is 0 Å². The van der Waals surface area contributed by atoms with Gasteiger partial charge in [-0.25, -0.2) is 0 Å². The van der Waals surface area contributed by atoms with Crippen LogP contribution in [0.2, 0.25) is 0 Å². The molecule has 0 saturated heterocycles. The summed E-state index contributed by atoms with van der Waals surface area (Å²) in [6.07, 6.45) is 62.7. The molecule has 61 heavy (non-hydrogen) atoms. The number of carboxylic acids is 3. The number of carboxylic acid groups (broad SMARTS) is 3. The third-order valence-electron chi connectivity index (χ3n) is 10.9. The van der Waals surface area contributed by atoms with Crippen molar-refractivity contribution in [1.82, 2.24) is 0 Å². The van der Waals surface area contributed by atoms with Crippen LogP contribution in [0.15, 0.2) is 36.5 Å². The molecule has 0 aliphatic heterocycles. The normalized spacial score (nSPS) is 11.1. The average molecular weight is 900 g/mol. The Morgan fingerprint density at radius 2 is 0.410 bits per heavy atom. The smallest absolute Gasteiger partial charge is 0.550 e. The standard InChI is InChI=1S/3C18H34O2.Fe/c3*1-2-3-4-5-6-7-8-9-10-11-12-13-14-15-16-17-18(19)20;/h3*9-10H,2-8,11-17H2,1H3,(H,19,20);/q;;;+3/p-3/b3*10-9+;. The van der Waals surface area contributed by atoms with Crippen LogP contribution in [0.1, 0.15) is 290 Å². The minimum Gasteiger partial charge on any atom is -0.550 e. The molecule has 0 aromatic heterocycles. The first-order valence-electron chi connectivity index (χ1n) is 25.9. The van der Waals surface area contributed by atoms with Gasteiger partial charge in [0.2, 0.25) is 0 Å². The van der Waals surface area contributed by atoms with E-state index < -0.39 is 17.9 Å². The van der Waals surface area contributed by atoms with E-state index in [1.165, 1.54) is 193 Å². The van der Waals surface area contributed by atoms with Gasteiger partial charge in [-0.1, -0.05) is 211 Å². The van der Waals surface area contributed by atoms with E-state index in [0.29, 0.717) is 0 Å². The predicted molar refractivity (Wildman–Crippen MR) is 253 cm³/mol. The van der Waals surface area contributed by atoms with Crippen molar-refractivity contribution in [2.24, 2.45) is 0 Å². The summed E-state index contributed by atoms with van der Waals surface area (Å²) in [5, 5.41) is 30.6. The summed E-state index contributed by atoms with van der Waals surface area (Å²) < 4.78 is 0. The van der Waals surface area contributed by atoms with E-state index in [1.54, 1.807) is 0 Å². The Morgan fingerprint density at radius 3 is 0.574 bits per heavy atom. The number of allylic oxidation sites excluding steroid dienone is 6. The van der Waals surface area contributed by atoms with Crippen LogP contribution < -0.4 is 15.3 Å². The maximum absolute atomic E-state index is 10.2. The molecule has 0 aromatic rings. The molecule has 0 atom stereocenters. The van der Waals surface area contributed by atoms with Gasteiger partial charge in [-0.05, 0) is 116 Å². The summed E-state index contributed by atoms with van der Waals surface area (Å²) in [6.45, 7) is 6.77. The number of rotatable bonds is 45. The molecule has 6 nitrogen and oxygen atoms in total. The van der Waals surface area contributed by atoms with Crippen LogP contribution in [-0.4, -0.2) is 17.9 Å². The zero-order valence-corrected chi connectivity index (χ0v) is 41.6. The minimum atomic E-state index is -0.914. The van der Waals surface area contributed by atoms with Gasteiger partial charge in [0.15, 0.2) is 0 Å². The van der Waals surface area contributed by atoms with E-state index in [-0.39, 0.29) is 36.3 Å². The molecule has 0 aromatic carbocycles. The van der Waals surface area contributed by atoms with Gasteiger partial charge in [0, 0.05) is 17.9 Å². The van der Waals surface area contributed by atoms with Gasteiger partial charge in [0.05, 0.1) is 0 Å². The SMILES string of the molecule is CCCCCCCC/C=C/CCCCCCCC(=O)[O-].CCCCCCCC/C=C/CCCCCCCC(=O)[O-].CCCCCCCC/C=C/CCCCCCCC(=O)[O-].[Fe+3]. The summed E-state index contributed by atoms with van der Waals surface area (Å²) in [5.41, 5.74) is 0. The first kappa shape index (κ1) is 65.8. The molecule has 0 amide bonds. The summed E-state index contributed by atoms with van der Waals surface area (Å²) >= 11 is 0. The zero-order valence-electron chi connectivity index (χ0n) is 40.5. The van der Waals surface area contributed by atoms with Crippen LogP contribution in [0.5, 0.6) is 0 Å². The Morgan fingerprint density at radius 1 is 0.262 bits per heavy atom. The molecule has 1 radical (unpaired) electrons. The number of carbonyl (C=O) groups excluding carboxylic acids is 3. The quantitative estimate of drug-likeness (QED) is 0.0341. The van der Waals surface area contributed by atoms with E-state index >= 15 is 0 Å². The van der Waals surface area contributed by atoms with Gasteiger partial charge in [-0.2, -0.15) is 0 Å². The fraction of sp³-hybridized carbons (Fsp3) is 0.833. The molecule has 0 saturated carbocycles. The topological polar surface area (TPSA) is 120 Å². The molecule has 359 valence electrons. The van der Waals surface area contributed by atoms with E-state index in [9.17, 15) is 29.7 Å². The van der Waals surface area contributed by atoms with Gasteiger partial charge >= 0.3 is 17.1 Å². The van der Waals surface area contributed by atoms with Crippen LogP contribution in [0.3, 0.4) is 0 Å². The second-order valence-electron chi connectivity index (χ2n) is 17.1. The van der Waals surface area contributed by atoms with Crippen LogP contribution in [0.25, 0.3) is 0 Å². The van der Waals surface area contributed by atoms with Crippen LogP contribution >= 0.6 is 0 Å². The van der Waals surface area contributed by atoms with Crippen LogP contribution in [0.4, 0.5) is 0 Å². The molecule has 0 heterocycles. The second kappa shape index (κ2) is 62.4. The summed E-state index contributed by atoms with van der Waals surface area (Å²) in [6, 6.07) is 0. The maximum Gasteiger partial charge on any atom is 3.00 e. The van der Waals surface area contributed by atoms with Crippen molar-refractivity contribution < 1.29 is 46.8 Å². The molecule has 0 rings (SSSR count). The Hall–Kier alpha value is -1.85.